The average molecular weight is 236 g/mol. The van der Waals surface area contributed by atoms with Gasteiger partial charge < -0.3 is 11.1 Å². The van der Waals surface area contributed by atoms with Crippen LogP contribution in [0.15, 0.2) is 0 Å². The van der Waals surface area contributed by atoms with Crippen LogP contribution in [0.5, 0.6) is 0 Å². The highest BCUT2D eigenvalue weighted by Crippen LogP contribution is 2.11. The molecule has 0 bridgehead atoms. The molecule has 0 spiro atoms. The monoisotopic (exact) mass is 236 g/mol. The first-order valence-electron chi connectivity index (χ1n) is 4.85. The van der Waals surface area contributed by atoms with Gasteiger partial charge in [-0.25, -0.2) is 8.42 Å². The molecule has 0 rings (SSSR count). The second kappa shape index (κ2) is 5.46. The highest BCUT2D eigenvalue weighted by atomic mass is 32.2. The van der Waals surface area contributed by atoms with E-state index in [0.717, 1.165) is 0 Å². The molecule has 0 aromatic heterocycles. The quantitative estimate of drug-likeness (QED) is 0.610. The van der Waals surface area contributed by atoms with E-state index >= 15 is 0 Å². The zero-order chi connectivity index (χ0) is 12.1. The van der Waals surface area contributed by atoms with Crippen LogP contribution in [0.25, 0.3) is 0 Å². The van der Waals surface area contributed by atoms with E-state index in [1.807, 2.05) is 0 Å². The fourth-order valence-corrected chi connectivity index (χ4v) is 1.54. The summed E-state index contributed by atoms with van der Waals surface area (Å²) >= 11 is 0. The van der Waals surface area contributed by atoms with Gasteiger partial charge in [0.15, 0.2) is 0 Å². The van der Waals surface area contributed by atoms with Gasteiger partial charge in [0.05, 0.1) is 11.2 Å². The van der Waals surface area contributed by atoms with Crippen molar-refractivity contribution in [2.75, 3.05) is 25.1 Å². The van der Waals surface area contributed by atoms with Crippen LogP contribution < -0.4 is 11.1 Å². The Morgan fingerprint density at radius 1 is 1.40 bits per heavy atom. The van der Waals surface area contributed by atoms with E-state index in [4.69, 9.17) is 5.73 Å². The number of hydrogen-bond donors (Lipinski definition) is 2. The lowest BCUT2D eigenvalue weighted by Gasteiger charge is -2.21. The van der Waals surface area contributed by atoms with E-state index in [2.05, 4.69) is 5.32 Å². The first-order valence-corrected chi connectivity index (χ1v) is 6.91. The van der Waals surface area contributed by atoms with Gasteiger partial charge in [-0.05, 0) is 20.3 Å². The van der Waals surface area contributed by atoms with Gasteiger partial charge in [0.25, 0.3) is 0 Å². The highest BCUT2D eigenvalue weighted by Gasteiger charge is 2.24. The van der Waals surface area contributed by atoms with Crippen LogP contribution in [0.1, 0.15) is 20.3 Å². The number of nitrogens with one attached hydrogen (secondary N) is 1. The molecule has 0 aromatic carbocycles. The second-order valence-electron chi connectivity index (χ2n) is 4.33. The van der Waals surface area contributed by atoms with Crippen LogP contribution >= 0.6 is 0 Å². The lowest BCUT2D eigenvalue weighted by atomic mass is 9.93. The smallest absolute Gasteiger partial charge is 0.226 e. The Morgan fingerprint density at radius 3 is 2.33 bits per heavy atom. The molecule has 0 saturated heterocycles. The first-order chi connectivity index (χ1) is 6.69. The van der Waals surface area contributed by atoms with E-state index < -0.39 is 15.3 Å². The lowest BCUT2D eigenvalue weighted by Crippen LogP contribution is -2.42. The van der Waals surface area contributed by atoms with Gasteiger partial charge in [0, 0.05) is 19.3 Å². The summed E-state index contributed by atoms with van der Waals surface area (Å²) in [5.41, 5.74) is 4.83. The van der Waals surface area contributed by atoms with Crippen molar-refractivity contribution in [3.05, 3.63) is 0 Å². The maximum Gasteiger partial charge on any atom is 0.226 e. The van der Waals surface area contributed by atoms with Crippen molar-refractivity contribution in [2.24, 2.45) is 11.1 Å². The van der Waals surface area contributed by atoms with Crippen molar-refractivity contribution < 1.29 is 13.2 Å². The minimum absolute atomic E-state index is 0.0936. The van der Waals surface area contributed by atoms with Gasteiger partial charge in [-0.15, -0.1) is 0 Å². The molecular formula is C9H20N2O3S. The first kappa shape index (κ1) is 14.4. The summed E-state index contributed by atoms with van der Waals surface area (Å²) in [6.45, 7) is 4.14. The minimum Gasteiger partial charge on any atom is -0.356 e. The molecule has 0 saturated carbocycles. The minimum atomic E-state index is -2.94. The van der Waals surface area contributed by atoms with Gasteiger partial charge >= 0.3 is 0 Å². The molecule has 1 amide bonds. The van der Waals surface area contributed by atoms with Crippen molar-refractivity contribution in [2.45, 2.75) is 20.3 Å². The van der Waals surface area contributed by atoms with Crippen LogP contribution in [0.4, 0.5) is 0 Å². The van der Waals surface area contributed by atoms with Gasteiger partial charge in [0.1, 0.15) is 9.84 Å². The molecule has 0 aliphatic heterocycles. The Balaban J connectivity index is 3.84. The van der Waals surface area contributed by atoms with Crippen molar-refractivity contribution in [3.63, 3.8) is 0 Å². The summed E-state index contributed by atoms with van der Waals surface area (Å²) < 4.78 is 21.6. The Kier molecular flexibility index (Phi) is 5.23. The molecule has 5 nitrogen and oxygen atoms in total. The predicted molar refractivity (Wildman–Crippen MR) is 60.2 cm³/mol. The number of hydrogen-bond acceptors (Lipinski definition) is 4. The molecule has 0 aliphatic carbocycles. The van der Waals surface area contributed by atoms with Crippen LogP contribution in [0.2, 0.25) is 0 Å². The molecule has 15 heavy (non-hydrogen) atoms. The molecule has 0 fully saturated rings. The number of rotatable bonds is 6. The summed E-state index contributed by atoms with van der Waals surface area (Å²) in [4.78, 5) is 11.5. The fraction of sp³-hybridized carbons (Fsp3) is 0.889. The predicted octanol–water partition coefficient (Wildman–Crippen LogP) is -0.478. The van der Waals surface area contributed by atoms with Crippen molar-refractivity contribution in [3.8, 4) is 0 Å². The summed E-state index contributed by atoms with van der Waals surface area (Å²) in [5.74, 6) is -0.0467. The third-order valence-corrected chi connectivity index (χ3v) is 3.13. The summed E-state index contributed by atoms with van der Waals surface area (Å²) in [6, 6.07) is 0. The molecule has 0 aliphatic rings. The van der Waals surface area contributed by atoms with E-state index in [-0.39, 0.29) is 18.2 Å². The summed E-state index contributed by atoms with van der Waals surface area (Å²) in [5, 5.41) is 2.66. The zero-order valence-electron chi connectivity index (χ0n) is 9.54. The number of sulfone groups is 1. The van der Waals surface area contributed by atoms with Gasteiger partial charge in [-0.2, -0.15) is 0 Å². The average Bonchev–Trinajstić information content (AvgIpc) is 2.10. The van der Waals surface area contributed by atoms with Crippen LogP contribution in [-0.4, -0.2) is 39.4 Å². The summed E-state index contributed by atoms with van der Waals surface area (Å²) in [6.07, 6.45) is 1.61. The van der Waals surface area contributed by atoms with E-state index in [9.17, 15) is 13.2 Å². The number of nitrogens with two attached hydrogens (primary N) is 1. The molecule has 90 valence electrons. The molecule has 0 aromatic rings. The Labute approximate surface area is 91.3 Å². The van der Waals surface area contributed by atoms with E-state index in [1.165, 1.54) is 6.26 Å². The number of carbonyl (C=O) groups excluding carboxylic acids is 1. The molecular weight excluding hydrogens is 216 g/mol. The third kappa shape index (κ3) is 6.46. The number of amides is 1. The zero-order valence-corrected chi connectivity index (χ0v) is 10.4. The van der Waals surface area contributed by atoms with Gasteiger partial charge in [-0.1, -0.05) is 0 Å². The SMILES string of the molecule is CC(C)(CN)C(=O)NCCCS(C)(=O)=O. The summed E-state index contributed by atoms with van der Waals surface area (Å²) in [7, 11) is -2.94. The Bertz CT molecular complexity index is 309. The lowest BCUT2D eigenvalue weighted by molar-refractivity contribution is -0.128. The molecule has 0 unspecified atom stereocenters. The van der Waals surface area contributed by atoms with Crippen LogP contribution in [0.3, 0.4) is 0 Å². The topological polar surface area (TPSA) is 89.3 Å². The maximum atomic E-state index is 11.5. The normalized spacial score (nSPS) is 12.5. The largest absolute Gasteiger partial charge is 0.356 e. The fourth-order valence-electron chi connectivity index (χ4n) is 0.868. The third-order valence-electron chi connectivity index (χ3n) is 2.10. The Hall–Kier alpha value is -0.620. The van der Waals surface area contributed by atoms with E-state index in [1.54, 1.807) is 13.8 Å². The Morgan fingerprint density at radius 2 is 1.93 bits per heavy atom. The number of carbonyl (C=O) groups is 1. The van der Waals surface area contributed by atoms with Crippen LogP contribution in [-0.2, 0) is 14.6 Å². The van der Waals surface area contributed by atoms with Gasteiger partial charge in [0.2, 0.25) is 5.91 Å². The van der Waals surface area contributed by atoms with Crippen molar-refractivity contribution >= 4 is 15.7 Å². The molecule has 3 N–H and O–H groups in total. The van der Waals surface area contributed by atoms with Gasteiger partial charge in [-0.3, -0.25) is 4.79 Å². The molecule has 0 heterocycles. The standard InChI is InChI=1S/C9H20N2O3S/c1-9(2,7-10)8(12)11-5-4-6-15(3,13)14/h4-7,10H2,1-3H3,(H,11,12). The second-order valence-corrected chi connectivity index (χ2v) is 6.59. The molecule has 6 heteroatoms. The molecule has 0 atom stereocenters. The maximum absolute atomic E-state index is 11.5. The highest BCUT2D eigenvalue weighted by molar-refractivity contribution is 7.90. The van der Waals surface area contributed by atoms with E-state index in [0.29, 0.717) is 13.0 Å². The van der Waals surface area contributed by atoms with Crippen molar-refractivity contribution in [1.29, 1.82) is 0 Å². The van der Waals surface area contributed by atoms with Crippen molar-refractivity contribution in [1.82, 2.24) is 5.32 Å². The molecule has 0 radical (unpaired) electrons. The van der Waals surface area contributed by atoms with Crippen LogP contribution in [0, 0.1) is 5.41 Å².